The van der Waals surface area contributed by atoms with Crippen LogP contribution in [0.25, 0.3) is 0 Å². The van der Waals surface area contributed by atoms with E-state index in [0.29, 0.717) is 5.92 Å². The zero-order chi connectivity index (χ0) is 10.7. The van der Waals surface area contributed by atoms with Crippen molar-refractivity contribution in [1.29, 1.82) is 0 Å². The van der Waals surface area contributed by atoms with Gasteiger partial charge in [0.2, 0.25) is 0 Å². The molecule has 15 heavy (non-hydrogen) atoms. The molecule has 2 rings (SSSR count). The molecular weight excluding hydrogens is 274 g/mol. The van der Waals surface area contributed by atoms with Gasteiger partial charge in [-0.25, -0.2) is 0 Å². The SMILES string of the molecule is NC(Cc1ccc(Br)s1)CC1CCOC1. The van der Waals surface area contributed by atoms with E-state index in [2.05, 4.69) is 28.1 Å². The molecule has 0 spiro atoms. The summed E-state index contributed by atoms with van der Waals surface area (Å²) in [6, 6.07) is 4.52. The van der Waals surface area contributed by atoms with Gasteiger partial charge in [-0.1, -0.05) is 0 Å². The highest BCUT2D eigenvalue weighted by molar-refractivity contribution is 9.11. The maximum Gasteiger partial charge on any atom is 0.0701 e. The largest absolute Gasteiger partial charge is 0.381 e. The maximum absolute atomic E-state index is 6.13. The Balaban J connectivity index is 1.78. The molecule has 1 aliphatic rings. The lowest BCUT2D eigenvalue weighted by atomic mass is 9.97. The third kappa shape index (κ3) is 3.55. The summed E-state index contributed by atoms with van der Waals surface area (Å²) in [6.07, 6.45) is 3.27. The van der Waals surface area contributed by atoms with E-state index in [1.165, 1.54) is 15.1 Å². The molecule has 1 aliphatic heterocycles. The molecule has 2 heterocycles. The van der Waals surface area contributed by atoms with Crippen LogP contribution in [0.3, 0.4) is 0 Å². The van der Waals surface area contributed by atoms with Crippen LogP contribution in [0.15, 0.2) is 15.9 Å². The number of halogens is 1. The van der Waals surface area contributed by atoms with Crippen LogP contribution in [-0.2, 0) is 11.2 Å². The molecule has 0 aliphatic carbocycles. The van der Waals surface area contributed by atoms with E-state index in [1.807, 2.05) is 0 Å². The highest BCUT2D eigenvalue weighted by atomic mass is 79.9. The molecule has 0 aromatic carbocycles. The van der Waals surface area contributed by atoms with Crippen molar-refractivity contribution in [3.8, 4) is 0 Å². The van der Waals surface area contributed by atoms with Crippen LogP contribution in [-0.4, -0.2) is 19.3 Å². The standard InChI is InChI=1S/C11H16BrNOS/c12-11-2-1-10(15-11)6-9(13)5-8-3-4-14-7-8/h1-2,8-9H,3-7,13H2. The Kier molecular flexibility index (Phi) is 4.20. The maximum atomic E-state index is 6.13. The van der Waals surface area contributed by atoms with Gasteiger partial charge in [-0.3, -0.25) is 0 Å². The second-order valence-electron chi connectivity index (χ2n) is 4.14. The van der Waals surface area contributed by atoms with Gasteiger partial charge < -0.3 is 10.5 Å². The van der Waals surface area contributed by atoms with Crippen molar-refractivity contribution in [2.45, 2.75) is 25.3 Å². The number of nitrogens with two attached hydrogens (primary N) is 1. The molecule has 0 bridgehead atoms. The fourth-order valence-corrected chi connectivity index (χ4v) is 3.58. The van der Waals surface area contributed by atoms with Crippen molar-refractivity contribution in [1.82, 2.24) is 0 Å². The van der Waals surface area contributed by atoms with Gasteiger partial charge in [-0.2, -0.15) is 0 Å². The molecule has 2 N–H and O–H groups in total. The molecule has 0 radical (unpaired) electrons. The van der Waals surface area contributed by atoms with Crippen LogP contribution >= 0.6 is 27.3 Å². The molecule has 1 fully saturated rings. The monoisotopic (exact) mass is 289 g/mol. The van der Waals surface area contributed by atoms with Crippen molar-refractivity contribution in [3.63, 3.8) is 0 Å². The van der Waals surface area contributed by atoms with E-state index in [9.17, 15) is 0 Å². The minimum Gasteiger partial charge on any atom is -0.381 e. The van der Waals surface area contributed by atoms with Crippen LogP contribution in [0.1, 0.15) is 17.7 Å². The smallest absolute Gasteiger partial charge is 0.0701 e. The zero-order valence-electron chi connectivity index (χ0n) is 8.62. The van der Waals surface area contributed by atoms with Crippen molar-refractivity contribution >= 4 is 27.3 Å². The molecule has 1 aromatic heterocycles. The van der Waals surface area contributed by atoms with Gasteiger partial charge in [0.1, 0.15) is 0 Å². The van der Waals surface area contributed by atoms with Crippen LogP contribution in [0.5, 0.6) is 0 Å². The Morgan fingerprint density at radius 1 is 1.60 bits per heavy atom. The number of rotatable bonds is 4. The second kappa shape index (κ2) is 5.43. The van der Waals surface area contributed by atoms with Gasteiger partial charge in [0, 0.05) is 24.1 Å². The molecule has 4 heteroatoms. The van der Waals surface area contributed by atoms with Crippen LogP contribution in [0.4, 0.5) is 0 Å². The van der Waals surface area contributed by atoms with E-state index in [-0.39, 0.29) is 6.04 Å². The van der Waals surface area contributed by atoms with Gasteiger partial charge >= 0.3 is 0 Å². The Hall–Kier alpha value is 0.1000. The highest BCUT2D eigenvalue weighted by Gasteiger charge is 2.19. The molecule has 0 amide bonds. The molecule has 2 nitrogen and oxygen atoms in total. The zero-order valence-corrected chi connectivity index (χ0v) is 11.0. The van der Waals surface area contributed by atoms with Crippen LogP contribution < -0.4 is 5.73 Å². The molecule has 1 aromatic rings. The van der Waals surface area contributed by atoms with E-state index < -0.39 is 0 Å². The fraction of sp³-hybridized carbons (Fsp3) is 0.636. The summed E-state index contributed by atoms with van der Waals surface area (Å²) in [5, 5.41) is 0. The molecule has 84 valence electrons. The number of ether oxygens (including phenoxy) is 1. The first kappa shape index (κ1) is 11.6. The fourth-order valence-electron chi connectivity index (χ4n) is 2.00. The van der Waals surface area contributed by atoms with Gasteiger partial charge in [0.15, 0.2) is 0 Å². The summed E-state index contributed by atoms with van der Waals surface area (Å²) in [5.41, 5.74) is 6.13. The molecule has 2 atom stereocenters. The quantitative estimate of drug-likeness (QED) is 0.925. The van der Waals surface area contributed by atoms with E-state index in [0.717, 1.165) is 26.1 Å². The van der Waals surface area contributed by atoms with Gasteiger partial charge in [0.25, 0.3) is 0 Å². The molecular formula is C11H16BrNOS. The number of thiophene rings is 1. The van der Waals surface area contributed by atoms with Crippen LogP contribution in [0.2, 0.25) is 0 Å². The summed E-state index contributed by atoms with van der Waals surface area (Å²) < 4.78 is 6.54. The first-order valence-corrected chi connectivity index (χ1v) is 6.92. The third-order valence-corrected chi connectivity index (χ3v) is 4.40. The van der Waals surface area contributed by atoms with Gasteiger partial charge in [0.05, 0.1) is 3.79 Å². The van der Waals surface area contributed by atoms with Crippen LogP contribution in [0, 0.1) is 5.92 Å². The summed E-state index contributed by atoms with van der Waals surface area (Å²) in [5.74, 6) is 0.684. The third-order valence-electron chi connectivity index (χ3n) is 2.75. The van der Waals surface area contributed by atoms with Gasteiger partial charge in [-0.05, 0) is 53.2 Å². The Morgan fingerprint density at radius 2 is 2.47 bits per heavy atom. The van der Waals surface area contributed by atoms with E-state index in [4.69, 9.17) is 10.5 Å². The predicted octanol–water partition coefficient (Wildman–Crippen LogP) is 2.81. The normalized spacial score (nSPS) is 23.2. The molecule has 1 saturated heterocycles. The predicted molar refractivity (Wildman–Crippen MR) is 67.2 cm³/mol. The van der Waals surface area contributed by atoms with Crippen molar-refractivity contribution < 1.29 is 4.74 Å². The lowest BCUT2D eigenvalue weighted by Crippen LogP contribution is -2.25. The Labute approximate surface area is 103 Å². The Bertz CT molecular complexity index is 309. The molecule has 0 saturated carbocycles. The summed E-state index contributed by atoms with van der Waals surface area (Å²) in [7, 11) is 0. The first-order valence-electron chi connectivity index (χ1n) is 5.31. The summed E-state index contributed by atoms with van der Waals surface area (Å²) in [6.45, 7) is 1.82. The average molecular weight is 290 g/mol. The van der Waals surface area contributed by atoms with E-state index >= 15 is 0 Å². The lowest BCUT2D eigenvalue weighted by molar-refractivity contribution is 0.182. The first-order chi connectivity index (χ1) is 7.24. The van der Waals surface area contributed by atoms with Gasteiger partial charge in [-0.15, -0.1) is 11.3 Å². The minimum absolute atomic E-state index is 0.280. The Morgan fingerprint density at radius 3 is 3.07 bits per heavy atom. The number of hydrogen-bond donors (Lipinski definition) is 1. The van der Waals surface area contributed by atoms with Crippen molar-refractivity contribution in [2.24, 2.45) is 11.7 Å². The van der Waals surface area contributed by atoms with Crippen molar-refractivity contribution in [3.05, 3.63) is 20.8 Å². The second-order valence-corrected chi connectivity index (χ2v) is 6.68. The minimum atomic E-state index is 0.280. The highest BCUT2D eigenvalue weighted by Crippen LogP contribution is 2.25. The summed E-state index contributed by atoms with van der Waals surface area (Å²) >= 11 is 5.25. The van der Waals surface area contributed by atoms with Crippen molar-refractivity contribution in [2.75, 3.05) is 13.2 Å². The number of hydrogen-bond acceptors (Lipinski definition) is 3. The lowest BCUT2D eigenvalue weighted by Gasteiger charge is -2.14. The topological polar surface area (TPSA) is 35.2 Å². The molecule has 2 unspecified atom stereocenters. The summed E-state index contributed by atoms with van der Waals surface area (Å²) in [4.78, 5) is 1.37. The average Bonchev–Trinajstić information content (AvgIpc) is 2.77. The van der Waals surface area contributed by atoms with E-state index in [1.54, 1.807) is 11.3 Å².